The molecule has 3 N–H and O–H groups in total. The van der Waals surface area contributed by atoms with Gasteiger partial charge in [0.05, 0.1) is 25.3 Å². The molecule has 16 heteroatoms. The Morgan fingerprint density at radius 2 is 1.91 bits per heavy atom. The lowest BCUT2D eigenvalue weighted by Gasteiger charge is -2.42. The highest BCUT2D eigenvalue weighted by molar-refractivity contribution is 6.35. The number of epoxide rings is 1. The van der Waals surface area contributed by atoms with E-state index in [1.54, 1.807) is 59.0 Å². The van der Waals surface area contributed by atoms with E-state index in [2.05, 4.69) is 10.6 Å². The summed E-state index contributed by atoms with van der Waals surface area (Å²) < 4.78 is 29.3. The van der Waals surface area contributed by atoms with Crippen LogP contribution in [0.25, 0.3) is 0 Å². The van der Waals surface area contributed by atoms with Crippen LogP contribution in [0.5, 0.6) is 5.75 Å². The van der Waals surface area contributed by atoms with Gasteiger partial charge in [0.2, 0.25) is 17.7 Å². The van der Waals surface area contributed by atoms with Crippen LogP contribution in [-0.4, -0.2) is 116 Å². The lowest BCUT2D eigenvalue weighted by atomic mass is 9.83. The van der Waals surface area contributed by atoms with Gasteiger partial charge in [0, 0.05) is 52.9 Å². The van der Waals surface area contributed by atoms with Gasteiger partial charge in [0.25, 0.3) is 0 Å². The van der Waals surface area contributed by atoms with E-state index in [1.807, 2.05) is 13.0 Å². The van der Waals surface area contributed by atoms with E-state index >= 15 is 0 Å². The predicted molar refractivity (Wildman–Crippen MR) is 213 cm³/mol. The summed E-state index contributed by atoms with van der Waals surface area (Å²) in [6.45, 7) is 9.29. The van der Waals surface area contributed by atoms with Crippen molar-refractivity contribution >= 4 is 47.1 Å². The number of nitrogens with zero attached hydrogens (tertiary/aromatic N) is 2. The van der Waals surface area contributed by atoms with Crippen LogP contribution in [0, 0.1) is 5.92 Å². The van der Waals surface area contributed by atoms with Crippen LogP contribution in [0.15, 0.2) is 35.9 Å². The van der Waals surface area contributed by atoms with Crippen molar-refractivity contribution in [2.24, 2.45) is 5.92 Å². The van der Waals surface area contributed by atoms with E-state index in [0.29, 0.717) is 37.2 Å². The number of allylic oxidation sites excluding steroid dienone is 3. The van der Waals surface area contributed by atoms with Gasteiger partial charge in [-0.25, -0.2) is 9.59 Å². The molecule has 1 aromatic carbocycles. The number of fused-ring (bicyclic) bond motifs is 5. The minimum Gasteiger partial charge on any atom is -0.495 e. The monoisotopic (exact) mass is 818 g/mol. The molecule has 3 aliphatic rings. The number of ether oxygens (including phenoxy) is 5. The van der Waals surface area contributed by atoms with Gasteiger partial charge in [0.1, 0.15) is 40.7 Å². The zero-order valence-corrected chi connectivity index (χ0v) is 35.3. The fourth-order valence-corrected chi connectivity index (χ4v) is 7.64. The quantitative estimate of drug-likeness (QED) is 0.152. The van der Waals surface area contributed by atoms with Crippen molar-refractivity contribution in [2.45, 2.75) is 128 Å². The number of carbonyl (C=O) groups is 5. The topological polar surface area (TPSA) is 186 Å². The molecule has 2 fully saturated rings. The van der Waals surface area contributed by atoms with Crippen LogP contribution in [0.1, 0.15) is 85.1 Å². The average Bonchev–Trinajstić information content (AvgIpc) is 3.87. The van der Waals surface area contributed by atoms with E-state index in [1.165, 1.54) is 31.1 Å². The largest absolute Gasteiger partial charge is 0.495 e. The van der Waals surface area contributed by atoms with Gasteiger partial charge >= 0.3 is 12.1 Å². The Balaban J connectivity index is 1.63. The molecule has 0 radical (unpaired) electrons. The number of likely N-dealkylation sites (N-methyl/N-ethyl adjacent to an activating group) is 1. The number of carbonyl (C=O) groups excluding carboxylic acids is 5. The van der Waals surface area contributed by atoms with Crippen LogP contribution in [-0.2, 0) is 44.5 Å². The van der Waals surface area contributed by atoms with Gasteiger partial charge in [-0.15, -0.1) is 0 Å². The average molecular weight is 819 g/mol. The molecule has 57 heavy (non-hydrogen) atoms. The molecule has 2 unspecified atom stereocenters. The Morgan fingerprint density at radius 3 is 2.58 bits per heavy atom. The smallest absolute Gasteiger partial charge is 0.409 e. The van der Waals surface area contributed by atoms with Gasteiger partial charge in [-0.05, 0) is 57.7 Å². The summed E-state index contributed by atoms with van der Waals surface area (Å²) in [5, 5.41) is 17.3. The van der Waals surface area contributed by atoms with Crippen molar-refractivity contribution in [2.75, 3.05) is 39.8 Å². The SMILES string of the molecule is CCC(=O)NCCCCCC(=O)N(C)[C@@H](C)C(=O)O[C@H]1CC(=O)N(C)c2cc(cc(OC)c2Cl)C/C(C)=C/C=C/[C@@H](OC)[C@@]2(O)CC(OC(=O)N2)[C@@H](C)[C@@H]2OC12C. The zero-order valence-electron chi connectivity index (χ0n) is 34.5. The third-order valence-corrected chi connectivity index (χ3v) is 11.6. The molecule has 0 saturated carbocycles. The fraction of sp³-hybridized carbons (Fsp3) is 0.634. The number of methoxy groups -OCH3 is 2. The van der Waals surface area contributed by atoms with Crippen molar-refractivity contribution in [1.29, 1.82) is 0 Å². The molecule has 3 aliphatic heterocycles. The molecular weight excluding hydrogens is 760 g/mol. The van der Waals surface area contributed by atoms with E-state index in [0.717, 1.165) is 24.0 Å². The van der Waals surface area contributed by atoms with Crippen LogP contribution in [0.4, 0.5) is 10.5 Å². The van der Waals surface area contributed by atoms with Crippen molar-refractivity contribution in [3.8, 4) is 5.75 Å². The van der Waals surface area contributed by atoms with Crippen molar-refractivity contribution in [1.82, 2.24) is 15.5 Å². The minimum absolute atomic E-state index is 0.0250. The lowest BCUT2D eigenvalue weighted by Crippen LogP contribution is -2.63. The first kappa shape index (κ1) is 45.5. The highest BCUT2D eigenvalue weighted by Gasteiger charge is 2.64. The highest BCUT2D eigenvalue weighted by atomic mass is 35.5. The van der Waals surface area contributed by atoms with E-state index in [9.17, 15) is 29.1 Å². The number of alkyl carbamates (subject to hydrolysis) is 1. The fourth-order valence-electron chi connectivity index (χ4n) is 7.33. The number of unbranched alkanes of at least 4 members (excludes halogenated alkanes) is 2. The van der Waals surface area contributed by atoms with Gasteiger partial charge < -0.3 is 43.9 Å². The molecule has 4 rings (SSSR count). The van der Waals surface area contributed by atoms with Crippen LogP contribution in [0.2, 0.25) is 5.02 Å². The van der Waals surface area contributed by atoms with Crippen molar-refractivity contribution < 1.29 is 52.8 Å². The Labute approximate surface area is 340 Å². The number of esters is 1. The second-order valence-electron chi connectivity index (χ2n) is 15.4. The molecule has 4 bridgehead atoms. The number of rotatable bonds is 12. The summed E-state index contributed by atoms with van der Waals surface area (Å²) in [6, 6.07) is 2.57. The van der Waals surface area contributed by atoms with Crippen molar-refractivity contribution in [3.63, 3.8) is 0 Å². The number of hydrogen-bond donors (Lipinski definition) is 3. The first-order chi connectivity index (χ1) is 26.9. The highest BCUT2D eigenvalue weighted by Crippen LogP contribution is 2.49. The third-order valence-electron chi connectivity index (χ3n) is 11.2. The van der Waals surface area contributed by atoms with Crippen LogP contribution in [0.3, 0.4) is 0 Å². The second-order valence-corrected chi connectivity index (χ2v) is 15.8. The molecule has 3 heterocycles. The van der Waals surface area contributed by atoms with Crippen LogP contribution >= 0.6 is 11.6 Å². The number of halogens is 1. The Kier molecular flexibility index (Phi) is 15.6. The summed E-state index contributed by atoms with van der Waals surface area (Å²) >= 11 is 6.77. The van der Waals surface area contributed by atoms with E-state index in [4.69, 9.17) is 35.3 Å². The summed E-state index contributed by atoms with van der Waals surface area (Å²) in [5.74, 6) is -1.64. The number of nitrogens with one attached hydrogen (secondary N) is 2. The number of anilines is 1. The molecule has 8 atom stereocenters. The van der Waals surface area contributed by atoms with E-state index in [-0.39, 0.29) is 36.1 Å². The predicted octanol–water partition coefficient (Wildman–Crippen LogP) is 4.60. The van der Waals surface area contributed by atoms with E-state index < -0.39 is 65.7 Å². The molecule has 15 nitrogen and oxygen atoms in total. The van der Waals surface area contributed by atoms with Gasteiger partial charge in [-0.3, -0.25) is 19.7 Å². The normalized spacial score (nSPS) is 29.7. The maximum absolute atomic E-state index is 14.2. The number of hydrogen-bond acceptors (Lipinski definition) is 11. The van der Waals surface area contributed by atoms with Gasteiger partial charge in [0.15, 0.2) is 5.72 Å². The molecule has 0 spiro atoms. The number of aliphatic hydroxyl groups is 1. The Bertz CT molecular complexity index is 1720. The molecule has 0 aromatic heterocycles. The summed E-state index contributed by atoms with van der Waals surface area (Å²) in [5.41, 5.74) is -0.967. The van der Waals surface area contributed by atoms with Crippen molar-refractivity contribution in [3.05, 3.63) is 46.5 Å². The van der Waals surface area contributed by atoms with Gasteiger partial charge in [-0.1, -0.05) is 55.7 Å². The number of benzene rings is 1. The minimum atomic E-state index is -1.84. The number of amides is 4. The summed E-state index contributed by atoms with van der Waals surface area (Å²) in [7, 11) is 6.01. The maximum atomic E-state index is 14.2. The molecule has 1 aromatic rings. The summed E-state index contributed by atoms with van der Waals surface area (Å²) in [6.07, 6.45) is 3.46. The molecule has 316 valence electrons. The molecule has 4 amide bonds. The first-order valence-corrected chi connectivity index (χ1v) is 19.9. The first-order valence-electron chi connectivity index (χ1n) is 19.5. The molecular formula is C41H59ClN4O11. The molecule has 2 saturated heterocycles. The maximum Gasteiger partial charge on any atom is 0.409 e. The third kappa shape index (κ3) is 11.1. The standard InChI is InChI=1S/C41H59ClN4O11/c1-10-33(47)43-18-13-11-12-17-34(48)45(6)26(4)38(50)56-32-22-35(49)46(7)28-20-27(21-29(53-8)36(28)42)19-24(2)15-14-16-31(54-9)41(52)23-30(55-39(51)44-41)25(3)37-40(32,5)57-37/h14-16,20-21,25-26,30-32,37,52H,10-13,17-19,22-23H2,1-9H3,(H,43,47)(H,44,51)/b16-14+,24-15+/t25-,26+,30?,31-,32+,37+,40?,41+/m1/s1. The zero-order chi connectivity index (χ0) is 42.2. The Morgan fingerprint density at radius 1 is 1.19 bits per heavy atom. The summed E-state index contributed by atoms with van der Waals surface area (Å²) in [4.78, 5) is 68.2. The Hall–Kier alpha value is -4.18. The second kappa shape index (κ2) is 19.5. The lowest BCUT2D eigenvalue weighted by molar-refractivity contribution is -0.162. The molecule has 0 aliphatic carbocycles. The van der Waals surface area contributed by atoms with Gasteiger partial charge in [-0.2, -0.15) is 0 Å². The van der Waals surface area contributed by atoms with Crippen LogP contribution < -0.4 is 20.3 Å².